The van der Waals surface area contributed by atoms with E-state index in [1.165, 1.54) is 217 Å². The van der Waals surface area contributed by atoms with Gasteiger partial charge in [-0.05, 0) is 288 Å². The molecular formula is C106H69BBr2O2. The summed E-state index contributed by atoms with van der Waals surface area (Å²) in [6.45, 7) is 4.67. The predicted molar refractivity (Wildman–Crippen MR) is 482 cm³/mol. The minimum atomic E-state index is -1.44. The first-order valence-corrected chi connectivity index (χ1v) is 40.3. The Morgan fingerprint density at radius 1 is 0.270 bits per heavy atom. The summed E-state index contributed by atoms with van der Waals surface area (Å²) in [7, 11) is -1.44. The van der Waals surface area contributed by atoms with Crippen molar-refractivity contribution >= 4 is 184 Å². The Labute approximate surface area is 659 Å². The molecule has 22 aromatic rings. The van der Waals surface area contributed by atoms with E-state index in [1.807, 2.05) is 24.3 Å². The van der Waals surface area contributed by atoms with E-state index in [1.54, 1.807) is 6.07 Å². The molecule has 522 valence electrons. The summed E-state index contributed by atoms with van der Waals surface area (Å²) in [5, 5.41) is 51.9. The van der Waals surface area contributed by atoms with Gasteiger partial charge in [0, 0.05) is 14.4 Å². The molecule has 0 bridgehead atoms. The highest BCUT2D eigenvalue weighted by Gasteiger charge is 2.41. The average Bonchev–Trinajstić information content (AvgIpc) is 1.71. The van der Waals surface area contributed by atoms with Gasteiger partial charge in [0.25, 0.3) is 0 Å². The minimum absolute atomic E-state index is 0.0471. The molecule has 0 heterocycles. The van der Waals surface area contributed by atoms with Crippen molar-refractivity contribution < 1.29 is 10.0 Å². The lowest BCUT2D eigenvalue weighted by molar-refractivity contribution is 0.426. The fourth-order valence-electron chi connectivity index (χ4n) is 20.2. The maximum absolute atomic E-state index is 9.51. The van der Waals surface area contributed by atoms with Crippen LogP contribution in [0.1, 0.15) is 48.9 Å². The third kappa shape index (κ3) is 9.96. The smallest absolute Gasteiger partial charge is 0.423 e. The Morgan fingerprint density at radius 2 is 0.604 bits per heavy atom. The van der Waals surface area contributed by atoms with Crippen LogP contribution in [0.5, 0.6) is 0 Å². The monoisotopic (exact) mass is 1540 g/mol. The number of benzene rings is 22. The Morgan fingerprint density at radius 3 is 1.08 bits per heavy atom. The van der Waals surface area contributed by atoms with Crippen LogP contribution >= 0.6 is 31.9 Å². The summed E-state index contributed by atoms with van der Waals surface area (Å²) in [4.78, 5) is 0. The number of hydrogen-bond donors (Lipinski definition) is 2. The maximum Gasteiger partial charge on any atom is 0.489 e. The van der Waals surface area contributed by atoms with Crippen LogP contribution in [0, 0.1) is 0 Å². The Hall–Kier alpha value is -12.1. The third-order valence-electron chi connectivity index (χ3n) is 25.3. The summed E-state index contributed by atoms with van der Waals surface area (Å²) in [5.41, 5.74) is 22.2. The van der Waals surface area contributed by atoms with Gasteiger partial charge in [0.15, 0.2) is 0 Å². The second-order valence-corrected chi connectivity index (χ2v) is 32.3. The van der Waals surface area contributed by atoms with Crippen LogP contribution in [0.15, 0.2) is 343 Å². The molecule has 2 aliphatic rings. The Kier molecular flexibility index (Phi) is 15.2. The largest absolute Gasteiger partial charge is 0.489 e. The molecular weight excluding hydrogens is 1480 g/mol. The van der Waals surface area contributed by atoms with Crippen LogP contribution in [0.2, 0.25) is 0 Å². The van der Waals surface area contributed by atoms with Gasteiger partial charge in [0.05, 0.1) is 0 Å². The molecule has 0 fully saturated rings. The zero-order chi connectivity index (χ0) is 74.1. The highest BCUT2D eigenvalue weighted by Crippen LogP contribution is 2.56. The highest BCUT2D eigenvalue weighted by atomic mass is 79.9. The molecule has 22 aromatic carbocycles. The molecule has 24 rings (SSSR count). The molecule has 0 saturated heterocycles. The van der Waals surface area contributed by atoms with Crippen molar-refractivity contribution in [2.75, 3.05) is 0 Å². The minimum Gasteiger partial charge on any atom is -0.423 e. The molecule has 0 saturated carbocycles. The van der Waals surface area contributed by atoms with Crippen molar-refractivity contribution in [1.29, 1.82) is 0 Å². The fraction of sp³-hybridized carbons (Fsp3) is 0.0566. The van der Waals surface area contributed by atoms with Crippen molar-refractivity contribution in [3.63, 3.8) is 0 Å². The van der Waals surface area contributed by atoms with Crippen LogP contribution < -0.4 is 5.46 Å². The van der Waals surface area contributed by atoms with E-state index in [2.05, 4.69) is 349 Å². The van der Waals surface area contributed by atoms with Gasteiger partial charge in [-0.15, -0.1) is 0 Å². The number of fused-ring (bicyclic) bond motifs is 10. The van der Waals surface area contributed by atoms with E-state index in [9.17, 15) is 10.0 Å². The first kappa shape index (κ1) is 66.0. The van der Waals surface area contributed by atoms with Crippen molar-refractivity contribution in [3.05, 3.63) is 365 Å². The Balaban J connectivity index is 0.000000121. The van der Waals surface area contributed by atoms with Crippen molar-refractivity contribution in [1.82, 2.24) is 0 Å². The van der Waals surface area contributed by atoms with Gasteiger partial charge in [-0.2, -0.15) is 0 Å². The molecule has 0 spiro atoms. The second-order valence-electron chi connectivity index (χ2n) is 30.6. The zero-order valence-electron chi connectivity index (χ0n) is 61.1. The van der Waals surface area contributed by atoms with E-state index >= 15 is 0 Å². The zero-order valence-corrected chi connectivity index (χ0v) is 64.3. The van der Waals surface area contributed by atoms with Gasteiger partial charge >= 0.3 is 7.12 Å². The van der Waals surface area contributed by atoms with Crippen molar-refractivity contribution in [2.24, 2.45) is 0 Å². The van der Waals surface area contributed by atoms with Crippen LogP contribution in [-0.4, -0.2) is 17.2 Å². The van der Waals surface area contributed by atoms with Gasteiger partial charge in [-0.1, -0.05) is 345 Å². The van der Waals surface area contributed by atoms with E-state index < -0.39 is 7.12 Å². The molecule has 0 aliphatic heterocycles. The Bertz CT molecular complexity index is 7500. The van der Waals surface area contributed by atoms with Gasteiger partial charge in [-0.3, -0.25) is 0 Å². The van der Waals surface area contributed by atoms with Gasteiger partial charge < -0.3 is 10.0 Å². The van der Waals surface area contributed by atoms with Crippen molar-refractivity contribution in [3.8, 4) is 66.8 Å². The standard InChI is InChI=1S/C59H34.C31H24Br2.C16H11BO2/c1-3-13-49-47(11-1)56(48-12-2-4-14-50(48)59(49)53-30-22-39-18-16-35-8-6-10-37-21-29-52(53)58(39)55(35)37)41-24-27-46-43(32-41)33-42-31-40(23-26-45(42)46)44-25-19-38-17-15-34-7-5-9-36-20-28-51(44)57(38)54(34)36;1-3-31(4-2)27-17-19(13-15-21(27)22-16-14-20(32)18-28(22)31)29-23-9-5-7-11-25(23)30(33)26-12-8-6-10-24(26)29;18-17(19)14-9-7-12-5-4-10-2-1-3-11-6-8-13(14)16(12)15(10)11/h1-32H,33H2;5-18H,3-4H2,1-2H3;1-9,18-19H. The maximum atomic E-state index is 9.51. The summed E-state index contributed by atoms with van der Waals surface area (Å²) in [6, 6.07) is 123. The molecule has 2 aliphatic carbocycles. The van der Waals surface area contributed by atoms with Crippen LogP contribution in [0.4, 0.5) is 0 Å². The molecule has 0 aromatic heterocycles. The first-order valence-electron chi connectivity index (χ1n) is 38.7. The van der Waals surface area contributed by atoms with Gasteiger partial charge in [0.2, 0.25) is 0 Å². The normalized spacial score (nSPS) is 12.9. The van der Waals surface area contributed by atoms with E-state index in [0.29, 0.717) is 5.46 Å². The summed E-state index contributed by atoms with van der Waals surface area (Å²) < 4.78 is 2.33. The van der Waals surface area contributed by atoms with Crippen LogP contribution in [0.25, 0.3) is 207 Å². The lowest BCUT2D eigenvalue weighted by Gasteiger charge is -2.30. The lowest BCUT2D eigenvalue weighted by atomic mass is 9.73. The van der Waals surface area contributed by atoms with Gasteiger partial charge in [0.1, 0.15) is 0 Å². The molecule has 2 N–H and O–H groups in total. The average molecular weight is 1550 g/mol. The number of hydrogen-bond acceptors (Lipinski definition) is 2. The SMILES string of the molecule is CCC1(CC)c2cc(Br)ccc2-c2ccc(-c3c4ccccc4c(Br)c4ccccc34)cc21.OB(O)c1ccc2ccc3cccc4ccc1c2c34.c1cc2ccc3ccc(-c4ccc5c(c4)Cc4cc(-c6c7ccccc7c(-c7ccc8ccc9cccc%10ccc7c8c9%10)c7ccccc67)ccc4-5)c4ccc(c1)c2c34. The summed E-state index contributed by atoms with van der Waals surface area (Å²) in [5.74, 6) is 0. The first-order chi connectivity index (χ1) is 54.6. The number of halogens is 2. The van der Waals surface area contributed by atoms with Crippen molar-refractivity contribution in [2.45, 2.75) is 38.5 Å². The molecule has 111 heavy (non-hydrogen) atoms. The molecule has 0 radical (unpaired) electrons. The van der Waals surface area contributed by atoms with Crippen LogP contribution in [-0.2, 0) is 11.8 Å². The lowest BCUT2D eigenvalue weighted by Crippen LogP contribution is -2.30. The quantitative estimate of drug-likeness (QED) is 0.0948. The number of rotatable bonds is 7. The van der Waals surface area contributed by atoms with E-state index in [-0.39, 0.29) is 5.41 Å². The molecule has 0 amide bonds. The van der Waals surface area contributed by atoms with Crippen LogP contribution in [0.3, 0.4) is 0 Å². The third-order valence-corrected chi connectivity index (χ3v) is 26.6. The van der Waals surface area contributed by atoms with E-state index in [0.717, 1.165) is 39.9 Å². The predicted octanol–water partition coefficient (Wildman–Crippen LogP) is 28.9. The van der Waals surface area contributed by atoms with Gasteiger partial charge in [-0.25, -0.2) is 0 Å². The second kappa shape index (κ2) is 25.5. The highest BCUT2D eigenvalue weighted by molar-refractivity contribution is 9.11. The molecule has 2 nitrogen and oxygen atoms in total. The topological polar surface area (TPSA) is 40.5 Å². The summed E-state index contributed by atoms with van der Waals surface area (Å²) in [6.07, 6.45) is 3.10. The molecule has 5 heteroatoms. The fourth-order valence-corrected chi connectivity index (χ4v) is 21.3. The van der Waals surface area contributed by atoms with E-state index in [4.69, 9.17) is 0 Å². The summed E-state index contributed by atoms with van der Waals surface area (Å²) >= 11 is 7.63. The molecule has 0 unspecified atom stereocenters. The molecule has 0 atom stereocenters.